The number of anilines is 1. The average molecular weight is 272 g/mol. The maximum Gasteiger partial charge on any atom is 0.226 e. The van der Waals surface area contributed by atoms with Crippen molar-refractivity contribution in [1.82, 2.24) is 14.8 Å². The number of carbonyl (C=O) groups excluding carboxylic acids is 1. The molecule has 1 aliphatic rings. The highest BCUT2D eigenvalue weighted by molar-refractivity contribution is 5.96. The molecule has 1 aliphatic heterocycles. The van der Waals surface area contributed by atoms with Crippen molar-refractivity contribution in [3.63, 3.8) is 0 Å². The fraction of sp³-hybridized carbons (Fsp3) is 0.214. The largest absolute Gasteiger partial charge is 0.328 e. The molecular formula is C14H13FN4O. The zero-order chi connectivity index (χ0) is 14.3. The molecule has 0 aliphatic carbocycles. The molecule has 1 atom stereocenters. The van der Waals surface area contributed by atoms with Gasteiger partial charge in [0.15, 0.2) is 5.78 Å². The third kappa shape index (κ3) is 1.89. The average Bonchev–Trinajstić information content (AvgIpc) is 2.85. The maximum atomic E-state index is 13.1. The third-order valence-corrected chi connectivity index (χ3v) is 3.36. The van der Waals surface area contributed by atoms with Crippen LogP contribution in [0.25, 0.3) is 0 Å². The van der Waals surface area contributed by atoms with Gasteiger partial charge in [0.05, 0.1) is 0 Å². The Morgan fingerprint density at radius 3 is 2.70 bits per heavy atom. The molecule has 1 N–H and O–H groups in total. The molecule has 20 heavy (non-hydrogen) atoms. The van der Waals surface area contributed by atoms with Crippen molar-refractivity contribution in [3.8, 4) is 0 Å². The second-order valence-electron chi connectivity index (χ2n) is 4.70. The Hall–Kier alpha value is -2.50. The molecule has 0 amide bonds. The van der Waals surface area contributed by atoms with E-state index in [-0.39, 0.29) is 17.6 Å². The monoisotopic (exact) mass is 272 g/mol. The quantitative estimate of drug-likeness (QED) is 0.911. The lowest BCUT2D eigenvalue weighted by molar-refractivity contribution is -0.114. The van der Waals surface area contributed by atoms with E-state index in [1.54, 1.807) is 16.8 Å². The summed E-state index contributed by atoms with van der Waals surface area (Å²) < 4.78 is 14.7. The van der Waals surface area contributed by atoms with Crippen LogP contribution in [0.1, 0.15) is 25.5 Å². The van der Waals surface area contributed by atoms with Crippen LogP contribution in [0.15, 0.2) is 41.9 Å². The highest BCUT2D eigenvalue weighted by Crippen LogP contribution is 2.34. The van der Waals surface area contributed by atoms with Gasteiger partial charge in [-0.25, -0.2) is 9.07 Å². The summed E-state index contributed by atoms with van der Waals surface area (Å²) in [5, 5.41) is 7.22. The van der Waals surface area contributed by atoms with E-state index in [1.807, 2.05) is 6.92 Å². The van der Waals surface area contributed by atoms with Gasteiger partial charge >= 0.3 is 0 Å². The summed E-state index contributed by atoms with van der Waals surface area (Å²) in [6.07, 6.45) is 1.43. The summed E-state index contributed by atoms with van der Waals surface area (Å²) >= 11 is 0. The van der Waals surface area contributed by atoms with E-state index in [2.05, 4.69) is 15.4 Å². The molecule has 0 fully saturated rings. The smallest absolute Gasteiger partial charge is 0.226 e. The van der Waals surface area contributed by atoms with Crippen LogP contribution in [0.4, 0.5) is 10.3 Å². The van der Waals surface area contributed by atoms with Crippen molar-refractivity contribution in [1.29, 1.82) is 0 Å². The molecule has 3 rings (SSSR count). The van der Waals surface area contributed by atoms with E-state index in [1.165, 1.54) is 25.4 Å². The van der Waals surface area contributed by atoms with Gasteiger partial charge in [-0.3, -0.25) is 4.79 Å². The number of allylic oxidation sites excluding steroid dienone is 2. The van der Waals surface area contributed by atoms with Gasteiger partial charge in [-0.15, -0.1) is 0 Å². The number of nitrogens with one attached hydrogen (secondary N) is 1. The maximum absolute atomic E-state index is 13.1. The van der Waals surface area contributed by atoms with Crippen LogP contribution in [0, 0.1) is 5.82 Å². The minimum absolute atomic E-state index is 0.0505. The second kappa shape index (κ2) is 4.56. The molecule has 2 aromatic rings. The van der Waals surface area contributed by atoms with Gasteiger partial charge in [-0.2, -0.15) is 10.1 Å². The first-order valence-corrected chi connectivity index (χ1v) is 6.21. The van der Waals surface area contributed by atoms with E-state index in [0.29, 0.717) is 11.5 Å². The molecule has 102 valence electrons. The number of ketones is 1. The Balaban J connectivity index is 2.19. The van der Waals surface area contributed by atoms with Gasteiger partial charge in [-0.05, 0) is 31.5 Å². The number of hydrogen-bond donors (Lipinski definition) is 1. The molecule has 6 heteroatoms. The number of hydrogen-bond acceptors (Lipinski definition) is 4. The zero-order valence-corrected chi connectivity index (χ0v) is 11.1. The Morgan fingerprint density at radius 2 is 2.05 bits per heavy atom. The molecule has 0 bridgehead atoms. The number of nitrogens with zero attached hydrogens (tertiary/aromatic N) is 3. The summed E-state index contributed by atoms with van der Waals surface area (Å²) in [5.41, 5.74) is 2.14. The first kappa shape index (κ1) is 12.5. The molecule has 0 saturated heterocycles. The lowest BCUT2D eigenvalue weighted by atomic mass is 9.93. The van der Waals surface area contributed by atoms with Crippen molar-refractivity contribution in [3.05, 3.63) is 53.2 Å². The molecule has 0 saturated carbocycles. The third-order valence-electron chi connectivity index (χ3n) is 3.36. The number of rotatable bonds is 2. The second-order valence-corrected chi connectivity index (χ2v) is 4.70. The summed E-state index contributed by atoms with van der Waals surface area (Å²) in [7, 11) is 0. The minimum Gasteiger partial charge on any atom is -0.328 e. The van der Waals surface area contributed by atoms with E-state index in [9.17, 15) is 9.18 Å². The van der Waals surface area contributed by atoms with Crippen LogP contribution in [0.5, 0.6) is 0 Å². The Kier molecular flexibility index (Phi) is 2.85. The van der Waals surface area contributed by atoms with Gasteiger partial charge in [0.2, 0.25) is 5.95 Å². The lowest BCUT2D eigenvalue weighted by Crippen LogP contribution is -2.27. The van der Waals surface area contributed by atoms with Crippen LogP contribution in [-0.2, 0) is 4.79 Å². The Morgan fingerprint density at radius 1 is 1.35 bits per heavy atom. The van der Waals surface area contributed by atoms with Crippen molar-refractivity contribution >= 4 is 11.7 Å². The number of Topliss-reactive ketones (excluding diaryl/α,β-unsaturated/α-hetero) is 1. The number of carbonyl (C=O) groups is 1. The van der Waals surface area contributed by atoms with Gasteiger partial charge in [0.25, 0.3) is 0 Å². The first-order chi connectivity index (χ1) is 9.58. The molecular weight excluding hydrogens is 259 g/mol. The number of aromatic nitrogens is 3. The Labute approximate surface area is 115 Å². The highest BCUT2D eigenvalue weighted by Gasteiger charge is 2.31. The summed E-state index contributed by atoms with van der Waals surface area (Å²) in [5.74, 6) is 0.207. The van der Waals surface area contributed by atoms with Crippen LogP contribution in [0.2, 0.25) is 0 Å². The van der Waals surface area contributed by atoms with Crippen LogP contribution >= 0.6 is 0 Å². The molecule has 5 nitrogen and oxygen atoms in total. The van der Waals surface area contributed by atoms with Gasteiger partial charge in [0.1, 0.15) is 18.2 Å². The SMILES string of the molecule is CC(=O)C1=C(C)Nc2ncnn2[C@@H]1c1ccc(F)cc1. The molecule has 1 aromatic carbocycles. The summed E-state index contributed by atoms with van der Waals surface area (Å²) in [6.45, 7) is 3.34. The van der Waals surface area contributed by atoms with Crippen LogP contribution in [-0.4, -0.2) is 20.5 Å². The zero-order valence-electron chi connectivity index (χ0n) is 11.1. The van der Waals surface area contributed by atoms with Gasteiger partial charge in [-0.1, -0.05) is 12.1 Å². The van der Waals surface area contributed by atoms with Crippen molar-refractivity contribution in [2.45, 2.75) is 19.9 Å². The predicted octanol–water partition coefficient (Wildman–Crippen LogP) is 2.30. The lowest BCUT2D eigenvalue weighted by Gasteiger charge is -2.28. The molecule has 0 spiro atoms. The number of fused-ring (bicyclic) bond motifs is 1. The van der Waals surface area contributed by atoms with E-state index >= 15 is 0 Å². The van der Waals surface area contributed by atoms with Crippen LogP contribution in [0.3, 0.4) is 0 Å². The topological polar surface area (TPSA) is 59.8 Å². The normalized spacial score (nSPS) is 17.6. The summed E-state index contributed by atoms with van der Waals surface area (Å²) in [4.78, 5) is 16.1. The molecule has 2 heterocycles. The summed E-state index contributed by atoms with van der Waals surface area (Å²) in [6, 6.07) is 5.69. The molecule has 1 aromatic heterocycles. The van der Waals surface area contributed by atoms with Crippen molar-refractivity contribution in [2.24, 2.45) is 0 Å². The minimum atomic E-state index is -0.383. The standard InChI is InChI=1S/C14H13FN4O/c1-8-12(9(2)20)13(10-3-5-11(15)6-4-10)19-14(18-8)16-7-17-19/h3-7,13H,1-2H3,(H,16,17,18)/t13-/m1/s1. The predicted molar refractivity (Wildman–Crippen MR) is 71.6 cm³/mol. The van der Waals surface area contributed by atoms with Gasteiger partial charge in [0, 0.05) is 11.3 Å². The van der Waals surface area contributed by atoms with E-state index in [0.717, 1.165) is 11.3 Å². The van der Waals surface area contributed by atoms with Crippen molar-refractivity contribution < 1.29 is 9.18 Å². The van der Waals surface area contributed by atoms with E-state index in [4.69, 9.17) is 0 Å². The molecule has 0 unspecified atom stereocenters. The fourth-order valence-electron chi connectivity index (χ4n) is 2.50. The number of halogens is 1. The first-order valence-electron chi connectivity index (χ1n) is 6.21. The van der Waals surface area contributed by atoms with Gasteiger partial charge < -0.3 is 5.32 Å². The van der Waals surface area contributed by atoms with Crippen molar-refractivity contribution in [2.75, 3.05) is 5.32 Å². The highest BCUT2D eigenvalue weighted by atomic mass is 19.1. The molecule has 0 radical (unpaired) electrons. The number of benzene rings is 1. The fourth-order valence-corrected chi connectivity index (χ4v) is 2.50. The van der Waals surface area contributed by atoms with Crippen LogP contribution < -0.4 is 5.32 Å². The van der Waals surface area contributed by atoms with E-state index < -0.39 is 0 Å². The Bertz CT molecular complexity index is 702.